The van der Waals surface area contributed by atoms with E-state index in [9.17, 15) is 9.59 Å². The highest BCUT2D eigenvalue weighted by atomic mass is 32.2. The summed E-state index contributed by atoms with van der Waals surface area (Å²) in [5.74, 6) is 2.09. The number of thioether (sulfide) groups is 1. The number of ketones is 1. The molecule has 0 aliphatic carbocycles. The summed E-state index contributed by atoms with van der Waals surface area (Å²) < 4.78 is 2.07. The van der Waals surface area contributed by atoms with E-state index in [1.165, 1.54) is 0 Å². The van der Waals surface area contributed by atoms with Crippen molar-refractivity contribution in [1.82, 2.24) is 4.57 Å². The first kappa shape index (κ1) is 16.8. The summed E-state index contributed by atoms with van der Waals surface area (Å²) in [5, 5.41) is 0.141. The number of rotatable bonds is 6. The molecule has 3 nitrogen and oxygen atoms in total. The predicted molar refractivity (Wildman–Crippen MR) is 85.1 cm³/mol. The first-order chi connectivity index (χ1) is 8.61. The molecule has 0 spiro atoms. The summed E-state index contributed by atoms with van der Waals surface area (Å²) in [4.78, 5) is 23.9. The molecule has 0 radical (unpaired) electrons. The highest BCUT2D eigenvalue weighted by Gasteiger charge is 2.51. The number of β-lactam (4-membered cyclic amide) rings is 1. The Balaban J connectivity index is 2.68. The number of carbonyl (C=O) groups excluding carboxylic acids is 2. The second-order valence-corrected chi connectivity index (χ2v) is 13.2. The fourth-order valence-corrected chi connectivity index (χ4v) is 5.40. The molecule has 110 valence electrons. The summed E-state index contributed by atoms with van der Waals surface area (Å²) in [6, 6.07) is 0.165. The van der Waals surface area contributed by atoms with E-state index in [-0.39, 0.29) is 22.8 Å². The molecular weight excluding hydrogens is 274 g/mol. The average Bonchev–Trinajstić information content (AvgIpc) is 2.23. The van der Waals surface area contributed by atoms with E-state index in [1.54, 1.807) is 11.8 Å². The molecular formula is C14H27NO2SSi. The Bertz CT molecular complexity index is 363. The normalized spacial score (nSPS) is 20.4. The highest BCUT2D eigenvalue weighted by Crippen LogP contribution is 2.43. The molecule has 0 aromatic rings. The van der Waals surface area contributed by atoms with Gasteiger partial charge in [-0.3, -0.25) is 9.59 Å². The quantitative estimate of drug-likeness (QED) is 0.558. The van der Waals surface area contributed by atoms with Gasteiger partial charge < -0.3 is 4.57 Å². The minimum absolute atomic E-state index is 0.141. The van der Waals surface area contributed by atoms with Crippen LogP contribution in [0.1, 0.15) is 40.5 Å². The summed E-state index contributed by atoms with van der Waals surface area (Å²) in [6.07, 6.45) is 1.11. The van der Waals surface area contributed by atoms with Gasteiger partial charge in [0.05, 0.1) is 5.75 Å². The molecule has 1 unspecified atom stereocenters. The Kier molecular flexibility index (Phi) is 5.29. The van der Waals surface area contributed by atoms with Crippen LogP contribution < -0.4 is 0 Å². The zero-order valence-corrected chi connectivity index (χ0v) is 14.9. The smallest absolute Gasteiger partial charge is 0.216 e. The van der Waals surface area contributed by atoms with E-state index in [0.717, 1.165) is 5.75 Å². The Hall–Kier alpha value is -0.293. The molecule has 1 rings (SSSR count). The minimum atomic E-state index is -1.82. The van der Waals surface area contributed by atoms with Crippen LogP contribution in [-0.4, -0.2) is 42.0 Å². The molecule has 5 heteroatoms. The Morgan fingerprint density at radius 3 is 2.42 bits per heavy atom. The molecule has 1 amide bonds. The van der Waals surface area contributed by atoms with Crippen LogP contribution in [0, 0.1) is 0 Å². The van der Waals surface area contributed by atoms with E-state index in [2.05, 4.69) is 45.4 Å². The molecule has 1 aliphatic heterocycles. The number of nitrogens with zero attached hydrogens (tertiary/aromatic N) is 1. The number of amides is 1. The van der Waals surface area contributed by atoms with Gasteiger partial charge in [0.1, 0.15) is 5.78 Å². The SMILES string of the molecule is CCSCC(=O)CC1CC(=O)N1[Si](C)(C)C(C)(C)C. The Labute approximate surface area is 122 Å². The lowest BCUT2D eigenvalue weighted by atomic mass is 10.0. The number of hydrogen-bond acceptors (Lipinski definition) is 3. The van der Waals surface area contributed by atoms with Gasteiger partial charge in [-0.2, -0.15) is 11.8 Å². The van der Waals surface area contributed by atoms with Crippen LogP contribution in [0.15, 0.2) is 0 Å². The first-order valence-electron chi connectivity index (χ1n) is 7.03. The van der Waals surface area contributed by atoms with E-state index >= 15 is 0 Å². The Morgan fingerprint density at radius 1 is 1.42 bits per heavy atom. The van der Waals surface area contributed by atoms with Crippen molar-refractivity contribution in [2.24, 2.45) is 0 Å². The van der Waals surface area contributed by atoms with Gasteiger partial charge in [-0.1, -0.05) is 40.8 Å². The maximum Gasteiger partial charge on any atom is 0.216 e. The summed E-state index contributed by atoms with van der Waals surface area (Å²) >= 11 is 1.67. The zero-order valence-electron chi connectivity index (χ0n) is 13.1. The molecule has 0 bridgehead atoms. The van der Waals surface area contributed by atoms with E-state index < -0.39 is 8.24 Å². The molecule has 1 heterocycles. The number of carbonyl (C=O) groups is 2. The van der Waals surface area contributed by atoms with Crippen molar-refractivity contribution in [1.29, 1.82) is 0 Å². The fourth-order valence-electron chi connectivity index (χ4n) is 2.31. The van der Waals surface area contributed by atoms with Crippen LogP contribution in [0.5, 0.6) is 0 Å². The Morgan fingerprint density at radius 2 is 2.00 bits per heavy atom. The first-order valence-corrected chi connectivity index (χ1v) is 11.1. The van der Waals surface area contributed by atoms with Gasteiger partial charge in [0, 0.05) is 18.9 Å². The monoisotopic (exact) mass is 301 g/mol. The van der Waals surface area contributed by atoms with Crippen molar-refractivity contribution in [3.63, 3.8) is 0 Å². The lowest BCUT2D eigenvalue weighted by Gasteiger charge is -2.54. The average molecular weight is 302 g/mol. The standard InChI is InChI=1S/C14H27NO2SSi/c1-7-18-10-12(16)8-11-9-13(17)15(11)19(5,6)14(2,3)4/h11H,7-10H2,1-6H3. The number of Topliss-reactive ketones (excluding diaryl/α,β-unsaturated/α-hetero) is 1. The van der Waals surface area contributed by atoms with Crippen molar-refractivity contribution in [2.75, 3.05) is 11.5 Å². The molecule has 0 N–H and O–H groups in total. The van der Waals surface area contributed by atoms with Crippen LogP contribution in [0.4, 0.5) is 0 Å². The molecule has 19 heavy (non-hydrogen) atoms. The van der Waals surface area contributed by atoms with Crippen LogP contribution in [0.25, 0.3) is 0 Å². The third kappa shape index (κ3) is 3.63. The van der Waals surface area contributed by atoms with Gasteiger partial charge >= 0.3 is 0 Å². The molecule has 1 aliphatic rings. The van der Waals surface area contributed by atoms with Gasteiger partial charge in [0.15, 0.2) is 8.24 Å². The zero-order chi connectivity index (χ0) is 14.8. The van der Waals surface area contributed by atoms with Crippen LogP contribution in [0.3, 0.4) is 0 Å². The van der Waals surface area contributed by atoms with Gasteiger partial charge in [0.25, 0.3) is 0 Å². The highest BCUT2D eigenvalue weighted by molar-refractivity contribution is 7.99. The lowest BCUT2D eigenvalue weighted by Crippen LogP contribution is -2.68. The summed E-state index contributed by atoms with van der Waals surface area (Å²) in [7, 11) is -1.82. The molecule has 0 saturated carbocycles. The number of hydrogen-bond donors (Lipinski definition) is 0. The van der Waals surface area contributed by atoms with Crippen LogP contribution in [-0.2, 0) is 9.59 Å². The predicted octanol–water partition coefficient (Wildman–Crippen LogP) is 3.30. The third-order valence-electron chi connectivity index (χ3n) is 4.41. The molecule has 0 aromatic carbocycles. The summed E-state index contributed by atoms with van der Waals surface area (Å²) in [6.45, 7) is 13.2. The molecule has 1 fully saturated rings. The van der Waals surface area contributed by atoms with Crippen LogP contribution >= 0.6 is 11.8 Å². The van der Waals surface area contributed by atoms with Gasteiger partial charge in [-0.05, 0) is 10.8 Å². The minimum Gasteiger partial charge on any atom is -0.366 e. The molecule has 1 saturated heterocycles. The van der Waals surface area contributed by atoms with Crippen molar-refractivity contribution in [3.8, 4) is 0 Å². The maximum atomic E-state index is 12.0. The topological polar surface area (TPSA) is 37.4 Å². The van der Waals surface area contributed by atoms with Gasteiger partial charge in [-0.15, -0.1) is 0 Å². The van der Waals surface area contributed by atoms with E-state index in [0.29, 0.717) is 18.6 Å². The van der Waals surface area contributed by atoms with Crippen molar-refractivity contribution in [2.45, 2.75) is 64.7 Å². The van der Waals surface area contributed by atoms with Gasteiger partial charge in [0.2, 0.25) is 5.91 Å². The molecule has 0 aromatic heterocycles. The van der Waals surface area contributed by atoms with Crippen molar-refractivity contribution < 1.29 is 9.59 Å². The van der Waals surface area contributed by atoms with E-state index in [4.69, 9.17) is 0 Å². The second-order valence-electron chi connectivity index (χ2n) is 6.81. The fraction of sp³-hybridized carbons (Fsp3) is 0.857. The second kappa shape index (κ2) is 6.00. The van der Waals surface area contributed by atoms with Crippen LogP contribution in [0.2, 0.25) is 18.1 Å². The van der Waals surface area contributed by atoms with E-state index in [1.807, 2.05) is 0 Å². The summed E-state index contributed by atoms with van der Waals surface area (Å²) in [5.41, 5.74) is 0. The van der Waals surface area contributed by atoms with Gasteiger partial charge in [-0.25, -0.2) is 0 Å². The molecule has 1 atom stereocenters. The third-order valence-corrected chi connectivity index (χ3v) is 10.8. The maximum absolute atomic E-state index is 12.0. The lowest BCUT2D eigenvalue weighted by molar-refractivity contribution is -0.140. The van der Waals surface area contributed by atoms with Crippen molar-refractivity contribution in [3.05, 3.63) is 0 Å². The largest absolute Gasteiger partial charge is 0.366 e. The van der Waals surface area contributed by atoms with Crippen molar-refractivity contribution >= 4 is 31.7 Å².